The summed E-state index contributed by atoms with van der Waals surface area (Å²) in [6.07, 6.45) is 5.52. The van der Waals surface area contributed by atoms with Gasteiger partial charge < -0.3 is 5.32 Å². The molecule has 16 heavy (non-hydrogen) atoms. The van der Waals surface area contributed by atoms with Crippen molar-refractivity contribution in [2.75, 3.05) is 6.54 Å². The first kappa shape index (κ1) is 10.3. The van der Waals surface area contributed by atoms with E-state index in [2.05, 4.69) is 37.4 Å². The van der Waals surface area contributed by atoms with Crippen molar-refractivity contribution >= 4 is 0 Å². The summed E-state index contributed by atoms with van der Waals surface area (Å²) in [5.41, 5.74) is 4.87. The molecular weight excluding hydrogens is 194 g/mol. The number of benzene rings is 1. The largest absolute Gasteiger partial charge is 0.313 e. The number of rotatable bonds is 4. The van der Waals surface area contributed by atoms with E-state index in [1.807, 2.05) is 0 Å². The second-order valence-electron chi connectivity index (χ2n) is 5.81. The Morgan fingerprint density at radius 2 is 1.75 bits per heavy atom. The number of hydrogen-bond donors (Lipinski definition) is 1. The Morgan fingerprint density at radius 1 is 1.12 bits per heavy atom. The van der Waals surface area contributed by atoms with E-state index in [9.17, 15) is 0 Å². The van der Waals surface area contributed by atoms with Gasteiger partial charge in [0.15, 0.2) is 0 Å². The van der Waals surface area contributed by atoms with Crippen LogP contribution < -0.4 is 5.32 Å². The van der Waals surface area contributed by atoms with Crippen molar-refractivity contribution in [2.24, 2.45) is 0 Å². The summed E-state index contributed by atoms with van der Waals surface area (Å²) in [6.45, 7) is 5.61. The Morgan fingerprint density at radius 3 is 2.25 bits per heavy atom. The van der Waals surface area contributed by atoms with Gasteiger partial charge in [0.1, 0.15) is 0 Å². The number of hydrogen-bond acceptors (Lipinski definition) is 1. The second kappa shape index (κ2) is 3.59. The zero-order chi connectivity index (χ0) is 11.2. The van der Waals surface area contributed by atoms with Gasteiger partial charge in [-0.25, -0.2) is 0 Å². The van der Waals surface area contributed by atoms with E-state index in [4.69, 9.17) is 0 Å². The molecule has 2 fully saturated rings. The summed E-state index contributed by atoms with van der Waals surface area (Å²) in [6, 6.07) is 7.88. The molecule has 2 aliphatic rings. The molecule has 0 amide bonds. The second-order valence-corrected chi connectivity index (χ2v) is 5.81. The maximum Gasteiger partial charge on any atom is 0.00787 e. The first-order chi connectivity index (χ1) is 7.68. The highest BCUT2D eigenvalue weighted by atomic mass is 15.0. The van der Waals surface area contributed by atoms with Gasteiger partial charge in [-0.3, -0.25) is 0 Å². The third-order valence-corrected chi connectivity index (χ3v) is 3.99. The van der Waals surface area contributed by atoms with Crippen LogP contribution in [-0.2, 0) is 5.41 Å². The molecule has 0 spiro atoms. The predicted octanol–water partition coefficient (Wildman–Crippen LogP) is 3.09. The normalized spacial score (nSPS) is 22.1. The Labute approximate surface area is 98.3 Å². The molecule has 0 saturated heterocycles. The molecule has 1 nitrogen and oxygen atoms in total. The van der Waals surface area contributed by atoms with Gasteiger partial charge in [0.25, 0.3) is 0 Å². The summed E-state index contributed by atoms with van der Waals surface area (Å²) in [7, 11) is 0. The molecule has 0 aliphatic heterocycles. The van der Waals surface area contributed by atoms with Crippen LogP contribution in [0.2, 0.25) is 0 Å². The molecule has 1 aromatic carbocycles. The average molecular weight is 215 g/mol. The highest BCUT2D eigenvalue weighted by Gasteiger charge is 2.44. The fraction of sp³-hybridized carbons (Fsp3) is 0.600. The Bertz CT molecular complexity index is 380. The molecule has 3 rings (SSSR count). The van der Waals surface area contributed by atoms with Gasteiger partial charge in [-0.15, -0.1) is 0 Å². The molecule has 0 heterocycles. The molecule has 1 N–H and O–H groups in total. The van der Waals surface area contributed by atoms with E-state index < -0.39 is 0 Å². The van der Waals surface area contributed by atoms with Crippen LogP contribution in [0, 0.1) is 13.8 Å². The summed E-state index contributed by atoms with van der Waals surface area (Å²) in [5.74, 6) is 0. The summed E-state index contributed by atoms with van der Waals surface area (Å²) < 4.78 is 0. The van der Waals surface area contributed by atoms with Gasteiger partial charge >= 0.3 is 0 Å². The van der Waals surface area contributed by atoms with Gasteiger partial charge in [-0.05, 0) is 45.1 Å². The van der Waals surface area contributed by atoms with Crippen LogP contribution >= 0.6 is 0 Å². The van der Waals surface area contributed by atoms with Crippen LogP contribution in [0.1, 0.15) is 42.4 Å². The maximum atomic E-state index is 3.70. The third-order valence-electron chi connectivity index (χ3n) is 3.99. The lowest BCUT2D eigenvalue weighted by atomic mass is 9.93. The zero-order valence-corrected chi connectivity index (χ0v) is 10.3. The van der Waals surface area contributed by atoms with Crippen molar-refractivity contribution in [1.82, 2.24) is 5.32 Å². The SMILES string of the molecule is Cc1cc(C)cc(C2(CNC3CC3)CC2)c1. The molecule has 0 aromatic heterocycles. The van der Waals surface area contributed by atoms with Gasteiger partial charge in [0.2, 0.25) is 0 Å². The van der Waals surface area contributed by atoms with E-state index in [1.165, 1.54) is 43.4 Å². The van der Waals surface area contributed by atoms with Gasteiger partial charge in [-0.2, -0.15) is 0 Å². The minimum Gasteiger partial charge on any atom is -0.313 e. The molecule has 1 heteroatoms. The highest BCUT2D eigenvalue weighted by molar-refractivity contribution is 5.38. The van der Waals surface area contributed by atoms with E-state index >= 15 is 0 Å². The van der Waals surface area contributed by atoms with E-state index in [1.54, 1.807) is 5.56 Å². The molecule has 1 aromatic rings. The molecule has 2 saturated carbocycles. The minimum absolute atomic E-state index is 0.485. The first-order valence-electron chi connectivity index (χ1n) is 6.50. The van der Waals surface area contributed by atoms with E-state index in [0.29, 0.717) is 5.41 Å². The zero-order valence-electron chi connectivity index (χ0n) is 10.3. The maximum absolute atomic E-state index is 3.70. The van der Waals surface area contributed by atoms with Crippen molar-refractivity contribution in [3.63, 3.8) is 0 Å². The molecule has 0 bridgehead atoms. The van der Waals surface area contributed by atoms with Crippen LogP contribution in [0.25, 0.3) is 0 Å². The van der Waals surface area contributed by atoms with Crippen molar-refractivity contribution in [2.45, 2.75) is 51.0 Å². The van der Waals surface area contributed by atoms with Crippen LogP contribution in [0.4, 0.5) is 0 Å². The Hall–Kier alpha value is -0.820. The van der Waals surface area contributed by atoms with Crippen molar-refractivity contribution in [3.8, 4) is 0 Å². The van der Waals surface area contributed by atoms with E-state index in [-0.39, 0.29) is 0 Å². The van der Waals surface area contributed by atoms with Crippen molar-refractivity contribution in [1.29, 1.82) is 0 Å². The van der Waals surface area contributed by atoms with Crippen molar-refractivity contribution in [3.05, 3.63) is 34.9 Å². The first-order valence-corrected chi connectivity index (χ1v) is 6.50. The smallest absolute Gasteiger partial charge is 0.00787 e. The lowest BCUT2D eigenvalue weighted by molar-refractivity contribution is 0.571. The van der Waals surface area contributed by atoms with Crippen LogP contribution in [0.3, 0.4) is 0 Å². The van der Waals surface area contributed by atoms with Crippen LogP contribution in [0.15, 0.2) is 18.2 Å². The Balaban J connectivity index is 1.78. The average Bonchev–Trinajstić information content (AvgIpc) is 3.11. The monoisotopic (exact) mass is 215 g/mol. The lowest BCUT2D eigenvalue weighted by Crippen LogP contribution is -2.28. The lowest BCUT2D eigenvalue weighted by Gasteiger charge is -2.18. The van der Waals surface area contributed by atoms with Gasteiger partial charge in [0, 0.05) is 18.0 Å². The molecular formula is C15H21N. The van der Waals surface area contributed by atoms with Gasteiger partial charge in [0.05, 0.1) is 0 Å². The molecule has 0 radical (unpaired) electrons. The molecule has 86 valence electrons. The molecule has 2 aliphatic carbocycles. The number of nitrogens with one attached hydrogen (secondary N) is 1. The Kier molecular flexibility index (Phi) is 2.32. The summed E-state index contributed by atoms with van der Waals surface area (Å²) in [4.78, 5) is 0. The van der Waals surface area contributed by atoms with Crippen LogP contribution in [0.5, 0.6) is 0 Å². The third kappa shape index (κ3) is 2.01. The summed E-state index contributed by atoms with van der Waals surface area (Å²) in [5, 5.41) is 3.70. The van der Waals surface area contributed by atoms with Crippen molar-refractivity contribution < 1.29 is 0 Å². The molecule has 0 atom stereocenters. The van der Waals surface area contributed by atoms with Crippen LogP contribution in [-0.4, -0.2) is 12.6 Å². The van der Waals surface area contributed by atoms with E-state index in [0.717, 1.165) is 6.04 Å². The predicted molar refractivity (Wildman–Crippen MR) is 67.9 cm³/mol. The summed E-state index contributed by atoms with van der Waals surface area (Å²) >= 11 is 0. The fourth-order valence-corrected chi connectivity index (χ4v) is 2.63. The number of aryl methyl sites for hydroxylation is 2. The minimum atomic E-state index is 0.485. The topological polar surface area (TPSA) is 12.0 Å². The van der Waals surface area contributed by atoms with Gasteiger partial charge in [-0.1, -0.05) is 29.3 Å². The molecule has 0 unspecified atom stereocenters. The fourth-order valence-electron chi connectivity index (χ4n) is 2.63. The standard InChI is InChI=1S/C15H21N/c1-11-7-12(2)9-13(8-11)15(5-6-15)10-16-14-3-4-14/h7-9,14,16H,3-6,10H2,1-2H3. The highest BCUT2D eigenvalue weighted by Crippen LogP contribution is 2.48. The quantitative estimate of drug-likeness (QED) is 0.814.